The second-order valence-electron chi connectivity index (χ2n) is 12.5. The molecule has 0 aliphatic heterocycles. The predicted molar refractivity (Wildman–Crippen MR) is 218 cm³/mol. The van der Waals surface area contributed by atoms with Gasteiger partial charge >= 0.3 is 0 Å². The Hall–Kier alpha value is -6.70. The molecule has 236 valence electrons. The largest absolute Gasteiger partial charge is 0.456 e. The zero-order valence-corrected chi connectivity index (χ0v) is 26.6. The maximum absolute atomic E-state index is 9.58. The second kappa shape index (κ2) is 10.9. The van der Waals surface area contributed by atoms with Gasteiger partial charge in [-0.15, -0.1) is 0 Å². The van der Waals surface area contributed by atoms with Gasteiger partial charge in [-0.1, -0.05) is 145 Å². The molecule has 0 amide bonds. The molecule has 0 saturated heterocycles. The quantitative estimate of drug-likeness (QED) is 0.172. The van der Waals surface area contributed by atoms with Crippen molar-refractivity contribution in [2.24, 2.45) is 0 Å². The third kappa shape index (κ3) is 4.28. The molecule has 0 unspecified atom stereocenters. The molecule has 0 atom stereocenters. The van der Waals surface area contributed by atoms with Gasteiger partial charge in [0.05, 0.1) is 20.6 Å². The van der Waals surface area contributed by atoms with Crippen LogP contribution in [0.1, 0.15) is 20.6 Å². The maximum Gasteiger partial charge on any atom is 0.136 e. The first-order valence-corrected chi connectivity index (χ1v) is 16.4. The standard InChI is InChI=1S/C50H30O/c1-2-13-33-27-36(22-21-31(33)11-1)48-40-17-7-9-19-42(40)49(43-20-10-8-18-41(43)48)44-30-37(28-35-14-4-5-15-38(35)44)34-24-25-46-45(29-34)50-39-16-6-3-12-32(39)23-26-47(50)51-46/h1-30H/i1D,2D,7D,8D,9D,10D,11D,13D,17D,18D,19D,20D,21D,22D,27D. The van der Waals surface area contributed by atoms with Gasteiger partial charge in [-0.25, -0.2) is 0 Å². The van der Waals surface area contributed by atoms with Gasteiger partial charge in [0, 0.05) is 10.8 Å². The number of rotatable bonds is 3. The first-order valence-electron chi connectivity index (χ1n) is 23.9. The molecule has 1 heterocycles. The molecule has 11 rings (SSSR count). The Morgan fingerprint density at radius 3 is 1.80 bits per heavy atom. The molecular formula is C50H30O. The molecule has 1 heteroatoms. The third-order valence-corrected chi connectivity index (χ3v) is 9.70. The minimum atomic E-state index is -0.741. The Kier molecular flexibility index (Phi) is 3.70. The van der Waals surface area contributed by atoms with Crippen LogP contribution in [0.25, 0.3) is 109 Å². The van der Waals surface area contributed by atoms with E-state index in [2.05, 4.69) is 0 Å². The lowest BCUT2D eigenvalue weighted by Crippen LogP contribution is -1.92. The fourth-order valence-electron chi connectivity index (χ4n) is 7.46. The summed E-state index contributed by atoms with van der Waals surface area (Å²) < 4.78 is 142. The van der Waals surface area contributed by atoms with E-state index in [9.17, 15) is 8.22 Å². The van der Waals surface area contributed by atoms with Crippen LogP contribution in [-0.4, -0.2) is 0 Å². The maximum atomic E-state index is 9.58. The van der Waals surface area contributed by atoms with Crippen LogP contribution in [0.5, 0.6) is 0 Å². The zero-order valence-electron chi connectivity index (χ0n) is 41.6. The van der Waals surface area contributed by atoms with Crippen molar-refractivity contribution in [2.45, 2.75) is 0 Å². The SMILES string of the molecule is [2H]c1c([2H])c([2H])c2c([2H])c(-c3c4c([2H])c([2H])c([2H])c([2H])c4c(-c4cc(-c5ccc6oc7ccc8ccccc8c7c6c5)cc5ccccc45)c4c([2H])c([2H])c([2H])c([2H])c34)c([2H])c([2H])c2c1[2H]. The Bertz CT molecular complexity index is 3980. The van der Waals surface area contributed by atoms with Crippen LogP contribution in [0, 0.1) is 0 Å². The highest BCUT2D eigenvalue weighted by Crippen LogP contribution is 2.47. The molecule has 0 spiro atoms. The van der Waals surface area contributed by atoms with Crippen LogP contribution in [0.15, 0.2) is 186 Å². The van der Waals surface area contributed by atoms with Gasteiger partial charge < -0.3 is 4.42 Å². The number of benzene rings is 10. The van der Waals surface area contributed by atoms with Crippen LogP contribution >= 0.6 is 0 Å². The highest BCUT2D eigenvalue weighted by molar-refractivity contribution is 6.24. The summed E-state index contributed by atoms with van der Waals surface area (Å²) in [6, 6.07) is 18.8. The Labute approximate surface area is 315 Å². The average molecular weight is 662 g/mol. The summed E-state index contributed by atoms with van der Waals surface area (Å²) in [6.07, 6.45) is 0. The van der Waals surface area contributed by atoms with E-state index in [0.717, 1.165) is 27.1 Å². The molecule has 0 aliphatic rings. The summed E-state index contributed by atoms with van der Waals surface area (Å²) >= 11 is 0. The first-order chi connectivity index (χ1) is 31.5. The van der Waals surface area contributed by atoms with Crippen molar-refractivity contribution < 1.29 is 25.0 Å². The summed E-state index contributed by atoms with van der Waals surface area (Å²) in [4.78, 5) is 0. The number of hydrogen-bond donors (Lipinski definition) is 0. The summed E-state index contributed by atoms with van der Waals surface area (Å²) in [5, 5.41) is 3.27. The molecule has 0 radical (unpaired) electrons. The van der Waals surface area contributed by atoms with Crippen molar-refractivity contribution in [3.05, 3.63) is 182 Å². The lowest BCUT2D eigenvalue weighted by atomic mass is 9.83. The normalized spacial score (nSPS) is 16.0. The average Bonchev–Trinajstić information content (AvgIpc) is 3.71. The van der Waals surface area contributed by atoms with Crippen LogP contribution in [-0.2, 0) is 0 Å². The van der Waals surface area contributed by atoms with E-state index in [-0.39, 0.29) is 32.7 Å². The van der Waals surface area contributed by atoms with Gasteiger partial charge in [0.2, 0.25) is 0 Å². The van der Waals surface area contributed by atoms with E-state index in [1.54, 1.807) is 6.07 Å². The summed E-state index contributed by atoms with van der Waals surface area (Å²) in [6.45, 7) is 0. The van der Waals surface area contributed by atoms with Crippen LogP contribution < -0.4 is 0 Å². The molecule has 0 N–H and O–H groups in total. The van der Waals surface area contributed by atoms with Gasteiger partial charge in [-0.2, -0.15) is 0 Å². The molecular weight excluding hydrogens is 617 g/mol. The Morgan fingerprint density at radius 1 is 0.373 bits per heavy atom. The smallest absolute Gasteiger partial charge is 0.136 e. The van der Waals surface area contributed by atoms with Gasteiger partial charge in [0.1, 0.15) is 11.2 Å². The van der Waals surface area contributed by atoms with Crippen molar-refractivity contribution in [3.63, 3.8) is 0 Å². The zero-order chi connectivity index (χ0) is 46.5. The van der Waals surface area contributed by atoms with Crippen molar-refractivity contribution in [3.8, 4) is 33.4 Å². The molecule has 1 aromatic heterocycles. The summed E-state index contributed by atoms with van der Waals surface area (Å²) in [5.74, 6) is 0. The molecule has 1 nitrogen and oxygen atoms in total. The lowest BCUT2D eigenvalue weighted by molar-refractivity contribution is 0.669. The molecule has 0 saturated carbocycles. The van der Waals surface area contributed by atoms with Crippen molar-refractivity contribution in [1.29, 1.82) is 0 Å². The van der Waals surface area contributed by atoms with Gasteiger partial charge in [-0.05, 0) is 124 Å². The van der Waals surface area contributed by atoms with E-state index in [1.165, 1.54) is 0 Å². The third-order valence-electron chi connectivity index (χ3n) is 9.70. The summed E-state index contributed by atoms with van der Waals surface area (Å²) in [5.41, 5.74) is 2.30. The molecule has 10 aromatic carbocycles. The lowest BCUT2D eigenvalue weighted by Gasteiger charge is -2.20. The molecule has 11 aromatic rings. The number of fused-ring (bicyclic) bond motifs is 9. The van der Waals surface area contributed by atoms with Crippen LogP contribution in [0.2, 0.25) is 0 Å². The van der Waals surface area contributed by atoms with Crippen LogP contribution in [0.3, 0.4) is 0 Å². The van der Waals surface area contributed by atoms with Gasteiger partial charge in [0.15, 0.2) is 0 Å². The monoisotopic (exact) mass is 661 g/mol. The molecule has 51 heavy (non-hydrogen) atoms. The highest BCUT2D eigenvalue weighted by Gasteiger charge is 2.20. The van der Waals surface area contributed by atoms with E-state index < -0.39 is 107 Å². The minimum absolute atomic E-state index is 0.0356. The number of hydrogen-bond acceptors (Lipinski definition) is 1. The summed E-state index contributed by atoms with van der Waals surface area (Å²) in [7, 11) is 0. The van der Waals surface area contributed by atoms with E-state index in [4.69, 9.17) is 16.8 Å². The van der Waals surface area contributed by atoms with E-state index in [0.29, 0.717) is 33.1 Å². The van der Waals surface area contributed by atoms with Gasteiger partial charge in [-0.3, -0.25) is 0 Å². The predicted octanol–water partition coefficient (Wildman–Crippen LogP) is 14.4. The highest BCUT2D eigenvalue weighted by atomic mass is 16.3. The molecule has 0 fully saturated rings. The van der Waals surface area contributed by atoms with E-state index >= 15 is 0 Å². The fourth-order valence-corrected chi connectivity index (χ4v) is 7.46. The topological polar surface area (TPSA) is 13.1 Å². The minimum Gasteiger partial charge on any atom is -0.456 e. The molecule has 0 aliphatic carbocycles. The second-order valence-corrected chi connectivity index (χ2v) is 12.5. The van der Waals surface area contributed by atoms with Gasteiger partial charge in [0.25, 0.3) is 0 Å². The van der Waals surface area contributed by atoms with Crippen molar-refractivity contribution in [2.75, 3.05) is 0 Å². The Balaban J connectivity index is 1.35. The van der Waals surface area contributed by atoms with Crippen molar-refractivity contribution in [1.82, 2.24) is 0 Å². The van der Waals surface area contributed by atoms with E-state index in [1.807, 2.05) is 84.9 Å². The molecule has 0 bridgehead atoms. The van der Waals surface area contributed by atoms with Crippen LogP contribution in [0.4, 0.5) is 0 Å². The fraction of sp³-hybridized carbons (Fsp3) is 0. The Morgan fingerprint density at radius 2 is 1.02 bits per heavy atom. The van der Waals surface area contributed by atoms with Crippen molar-refractivity contribution >= 4 is 75.8 Å². The number of furan rings is 1. The first kappa shape index (κ1) is 17.3.